The van der Waals surface area contributed by atoms with E-state index in [1.54, 1.807) is 6.92 Å². The average Bonchev–Trinajstić information content (AvgIpc) is 3.02. The largest absolute Gasteiger partial charge is 0.465 e. The minimum Gasteiger partial charge on any atom is -0.465 e. The Kier molecular flexibility index (Phi) is 3.98. The zero-order chi connectivity index (χ0) is 15.7. The molecule has 1 aromatic carbocycles. The van der Waals surface area contributed by atoms with Crippen molar-refractivity contribution in [1.82, 2.24) is 10.2 Å². The number of benzene rings is 1. The van der Waals surface area contributed by atoms with Crippen molar-refractivity contribution in [2.75, 3.05) is 6.61 Å². The fourth-order valence-electron chi connectivity index (χ4n) is 2.69. The van der Waals surface area contributed by atoms with E-state index in [1.165, 1.54) is 4.90 Å². The number of nitrogens with zero attached hydrogens (tertiary/aromatic N) is 1. The Morgan fingerprint density at radius 1 is 1.41 bits per heavy atom. The molecule has 116 valence electrons. The number of hydrogen-bond donors (Lipinski definition) is 1. The topological polar surface area (TPSA) is 67.9 Å². The quantitative estimate of drug-likeness (QED) is 0.845. The maximum atomic E-state index is 12.6. The van der Waals surface area contributed by atoms with Gasteiger partial charge in [-0.25, -0.2) is 9.69 Å². The second-order valence-corrected chi connectivity index (χ2v) is 5.73. The molecule has 2 aliphatic rings. The first-order valence-electron chi connectivity index (χ1n) is 7.07. The van der Waals surface area contributed by atoms with Crippen LogP contribution in [-0.4, -0.2) is 46.9 Å². The minimum atomic E-state index is -0.656. The summed E-state index contributed by atoms with van der Waals surface area (Å²) < 4.78 is 10.3. The number of cyclic esters (lactones) is 1. The van der Waals surface area contributed by atoms with Gasteiger partial charge in [0, 0.05) is 0 Å². The van der Waals surface area contributed by atoms with Gasteiger partial charge in [0.1, 0.15) is 18.8 Å². The van der Waals surface area contributed by atoms with Crippen LogP contribution in [0.2, 0.25) is 0 Å². The monoisotopic (exact) mass is 320 g/mol. The Morgan fingerprint density at radius 3 is 2.77 bits per heavy atom. The molecule has 0 radical (unpaired) electrons. The third-order valence-corrected chi connectivity index (χ3v) is 4.03. The summed E-state index contributed by atoms with van der Waals surface area (Å²) in [7, 11) is 0. The third-order valence-electron chi connectivity index (χ3n) is 3.81. The highest BCUT2D eigenvalue weighted by molar-refractivity contribution is 7.80. The summed E-state index contributed by atoms with van der Waals surface area (Å²) >= 11 is 4.91. The predicted octanol–water partition coefficient (Wildman–Crippen LogP) is 1.24. The summed E-state index contributed by atoms with van der Waals surface area (Å²) in [4.78, 5) is 25.8. The van der Waals surface area contributed by atoms with Crippen molar-refractivity contribution in [3.63, 3.8) is 0 Å². The van der Waals surface area contributed by atoms with Crippen LogP contribution in [0.25, 0.3) is 0 Å². The number of imide groups is 1. The lowest BCUT2D eigenvalue weighted by molar-refractivity contribution is -0.132. The summed E-state index contributed by atoms with van der Waals surface area (Å²) in [5.74, 6) is -0.365. The first kappa shape index (κ1) is 14.8. The molecule has 1 aromatic rings. The summed E-state index contributed by atoms with van der Waals surface area (Å²) in [6, 6.07) is 8.71. The summed E-state index contributed by atoms with van der Waals surface area (Å²) in [5, 5.41) is 2.97. The summed E-state index contributed by atoms with van der Waals surface area (Å²) in [6.07, 6.45) is -0.464. The number of carbonyl (C=O) groups is 2. The first-order chi connectivity index (χ1) is 10.6. The van der Waals surface area contributed by atoms with Crippen LogP contribution in [-0.2, 0) is 20.7 Å². The van der Waals surface area contributed by atoms with Gasteiger partial charge in [-0.2, -0.15) is 0 Å². The van der Waals surface area contributed by atoms with E-state index >= 15 is 0 Å². The number of carbonyl (C=O) groups excluding carboxylic acids is 2. The molecule has 3 atom stereocenters. The molecule has 1 N–H and O–H groups in total. The number of amides is 2. The molecule has 2 heterocycles. The highest BCUT2D eigenvalue weighted by atomic mass is 32.1. The van der Waals surface area contributed by atoms with Crippen LogP contribution in [0.1, 0.15) is 12.5 Å². The van der Waals surface area contributed by atoms with Gasteiger partial charge in [-0.05, 0) is 31.1 Å². The van der Waals surface area contributed by atoms with Crippen molar-refractivity contribution >= 4 is 29.4 Å². The molecule has 0 aliphatic carbocycles. The second-order valence-electron chi connectivity index (χ2n) is 5.36. The molecule has 0 spiro atoms. The lowest BCUT2D eigenvalue weighted by Crippen LogP contribution is -2.51. The number of rotatable bonds is 3. The standard InChI is InChI=1S/C15H16N2O4S/c1-9-12(16-14(22)21-9)13(18)17-11(8-20-15(17)19)7-10-5-3-2-4-6-10/h2-6,9,11-12H,7-8H2,1H3,(H,16,22)/t9-,11+,12+/m1/s1. The Morgan fingerprint density at radius 2 is 2.14 bits per heavy atom. The number of ether oxygens (including phenoxy) is 2. The molecule has 7 heteroatoms. The zero-order valence-electron chi connectivity index (χ0n) is 12.0. The lowest BCUT2D eigenvalue weighted by Gasteiger charge is -2.23. The van der Waals surface area contributed by atoms with Gasteiger partial charge < -0.3 is 14.8 Å². The summed E-state index contributed by atoms with van der Waals surface area (Å²) in [5.41, 5.74) is 1.04. The predicted molar refractivity (Wildman–Crippen MR) is 82.2 cm³/mol. The maximum absolute atomic E-state index is 12.6. The highest BCUT2D eigenvalue weighted by Crippen LogP contribution is 2.21. The SMILES string of the molecule is C[C@H]1OC(=S)N[C@@H]1C(=O)N1C(=O)OC[C@@H]1Cc1ccccc1. The molecule has 6 nitrogen and oxygen atoms in total. The molecular weight excluding hydrogens is 304 g/mol. The molecule has 0 saturated carbocycles. The summed E-state index contributed by atoms with van der Waals surface area (Å²) in [6.45, 7) is 1.94. The number of nitrogens with one attached hydrogen (secondary N) is 1. The van der Waals surface area contributed by atoms with Crippen LogP contribution in [0.3, 0.4) is 0 Å². The van der Waals surface area contributed by atoms with E-state index in [2.05, 4.69) is 5.32 Å². The van der Waals surface area contributed by atoms with Crippen LogP contribution in [0.15, 0.2) is 30.3 Å². The Bertz CT molecular complexity index is 607. The van der Waals surface area contributed by atoms with E-state index in [1.807, 2.05) is 30.3 Å². The lowest BCUT2D eigenvalue weighted by atomic mass is 10.0. The molecule has 3 rings (SSSR count). The molecule has 2 amide bonds. The fourth-order valence-corrected chi connectivity index (χ4v) is 2.97. The fraction of sp³-hybridized carbons (Fsp3) is 0.400. The van der Waals surface area contributed by atoms with E-state index in [9.17, 15) is 9.59 Å². The van der Waals surface area contributed by atoms with Gasteiger partial charge >= 0.3 is 6.09 Å². The first-order valence-corrected chi connectivity index (χ1v) is 7.48. The molecule has 0 bridgehead atoms. The van der Waals surface area contributed by atoms with E-state index < -0.39 is 18.2 Å². The molecule has 2 aliphatic heterocycles. The van der Waals surface area contributed by atoms with Gasteiger partial charge in [-0.3, -0.25) is 4.79 Å². The minimum absolute atomic E-state index is 0.179. The van der Waals surface area contributed by atoms with Crippen molar-refractivity contribution in [2.24, 2.45) is 0 Å². The van der Waals surface area contributed by atoms with E-state index in [0.29, 0.717) is 6.42 Å². The van der Waals surface area contributed by atoms with Crippen LogP contribution in [0.5, 0.6) is 0 Å². The Balaban J connectivity index is 1.76. The maximum Gasteiger partial charge on any atom is 0.417 e. The Hall–Kier alpha value is -2.15. The highest BCUT2D eigenvalue weighted by Gasteiger charge is 2.45. The molecule has 0 unspecified atom stereocenters. The third kappa shape index (κ3) is 2.76. The molecule has 2 fully saturated rings. The average molecular weight is 320 g/mol. The van der Waals surface area contributed by atoms with Crippen molar-refractivity contribution in [1.29, 1.82) is 0 Å². The van der Waals surface area contributed by atoms with E-state index in [-0.39, 0.29) is 23.7 Å². The van der Waals surface area contributed by atoms with Crippen LogP contribution >= 0.6 is 12.2 Å². The van der Waals surface area contributed by atoms with Crippen molar-refractivity contribution in [3.8, 4) is 0 Å². The van der Waals surface area contributed by atoms with Gasteiger partial charge in [0.05, 0.1) is 6.04 Å². The van der Waals surface area contributed by atoms with Gasteiger partial charge in [-0.1, -0.05) is 30.3 Å². The van der Waals surface area contributed by atoms with Crippen molar-refractivity contribution in [3.05, 3.63) is 35.9 Å². The Labute approximate surface area is 133 Å². The van der Waals surface area contributed by atoms with Crippen LogP contribution in [0, 0.1) is 0 Å². The van der Waals surface area contributed by atoms with Crippen molar-refractivity contribution in [2.45, 2.75) is 31.5 Å². The van der Waals surface area contributed by atoms with Crippen LogP contribution < -0.4 is 5.32 Å². The molecular formula is C15H16N2O4S. The van der Waals surface area contributed by atoms with E-state index in [4.69, 9.17) is 21.7 Å². The molecule has 0 aromatic heterocycles. The van der Waals surface area contributed by atoms with Crippen molar-refractivity contribution < 1.29 is 19.1 Å². The van der Waals surface area contributed by atoms with Gasteiger partial charge in [0.2, 0.25) is 0 Å². The zero-order valence-corrected chi connectivity index (χ0v) is 12.8. The van der Waals surface area contributed by atoms with Crippen LogP contribution in [0.4, 0.5) is 4.79 Å². The van der Waals surface area contributed by atoms with E-state index in [0.717, 1.165) is 5.56 Å². The normalized spacial score (nSPS) is 27.3. The number of hydrogen-bond acceptors (Lipinski definition) is 5. The van der Waals surface area contributed by atoms with Gasteiger partial charge in [0.15, 0.2) is 0 Å². The molecule has 2 saturated heterocycles. The second kappa shape index (κ2) is 5.92. The van der Waals surface area contributed by atoms with Gasteiger partial charge in [0.25, 0.3) is 11.1 Å². The number of thiocarbonyl (C=S) groups is 1. The molecule has 22 heavy (non-hydrogen) atoms. The smallest absolute Gasteiger partial charge is 0.417 e. The van der Waals surface area contributed by atoms with Gasteiger partial charge in [-0.15, -0.1) is 0 Å².